The first-order chi connectivity index (χ1) is 8.59. The summed E-state index contributed by atoms with van der Waals surface area (Å²) in [6.45, 7) is 6.73. The Bertz CT molecular complexity index is 399. The molecule has 1 heterocycles. The molecule has 98 valence electrons. The Balaban J connectivity index is 2.20. The molecular formula is C16H23NO. The predicted octanol–water partition coefficient (Wildman–Crippen LogP) is 3.97. The second kappa shape index (κ2) is 5.64. The molecule has 0 spiro atoms. The topological polar surface area (TPSA) is 30.0 Å². The third-order valence-electron chi connectivity index (χ3n) is 4.28. The SMILES string of the molecule is CC(C)[C@@H]1CC[C@@H](C)C[C@@H]1C(=O)c1ccccn1. The Morgan fingerprint density at radius 1 is 1.33 bits per heavy atom. The van der Waals surface area contributed by atoms with Crippen LogP contribution in [0.3, 0.4) is 0 Å². The maximum Gasteiger partial charge on any atom is 0.184 e. The molecule has 1 aliphatic rings. The van der Waals surface area contributed by atoms with Crippen molar-refractivity contribution in [1.82, 2.24) is 4.98 Å². The van der Waals surface area contributed by atoms with Crippen molar-refractivity contribution in [2.75, 3.05) is 0 Å². The molecule has 2 nitrogen and oxygen atoms in total. The van der Waals surface area contributed by atoms with Crippen molar-refractivity contribution in [3.8, 4) is 0 Å². The van der Waals surface area contributed by atoms with Crippen LogP contribution in [0.5, 0.6) is 0 Å². The van der Waals surface area contributed by atoms with Gasteiger partial charge in [0.1, 0.15) is 5.69 Å². The summed E-state index contributed by atoms with van der Waals surface area (Å²) >= 11 is 0. The molecule has 1 saturated carbocycles. The highest BCUT2D eigenvalue weighted by molar-refractivity contribution is 5.96. The lowest BCUT2D eigenvalue weighted by Crippen LogP contribution is -2.33. The van der Waals surface area contributed by atoms with Crippen LogP contribution in [0.15, 0.2) is 24.4 Å². The molecule has 0 N–H and O–H groups in total. The Morgan fingerprint density at radius 2 is 2.11 bits per heavy atom. The van der Waals surface area contributed by atoms with Gasteiger partial charge in [0.25, 0.3) is 0 Å². The highest BCUT2D eigenvalue weighted by Gasteiger charge is 2.35. The lowest BCUT2D eigenvalue weighted by Gasteiger charge is -2.36. The van der Waals surface area contributed by atoms with E-state index < -0.39 is 0 Å². The van der Waals surface area contributed by atoms with Gasteiger partial charge < -0.3 is 0 Å². The molecule has 0 saturated heterocycles. The van der Waals surface area contributed by atoms with Gasteiger partial charge >= 0.3 is 0 Å². The van der Waals surface area contributed by atoms with Gasteiger partial charge in [-0.1, -0.05) is 33.3 Å². The van der Waals surface area contributed by atoms with Crippen LogP contribution in [0.25, 0.3) is 0 Å². The number of ketones is 1. The Morgan fingerprint density at radius 3 is 2.72 bits per heavy atom. The van der Waals surface area contributed by atoms with Crippen molar-refractivity contribution in [2.24, 2.45) is 23.7 Å². The van der Waals surface area contributed by atoms with Crippen LogP contribution >= 0.6 is 0 Å². The number of rotatable bonds is 3. The first-order valence-corrected chi connectivity index (χ1v) is 7.04. The molecule has 0 radical (unpaired) electrons. The van der Waals surface area contributed by atoms with Gasteiger partial charge in [-0.05, 0) is 42.7 Å². The predicted molar refractivity (Wildman–Crippen MR) is 73.4 cm³/mol. The quantitative estimate of drug-likeness (QED) is 0.754. The molecule has 1 aromatic heterocycles. The molecule has 3 atom stereocenters. The lowest BCUT2D eigenvalue weighted by atomic mass is 9.68. The van der Waals surface area contributed by atoms with Gasteiger partial charge in [-0.15, -0.1) is 0 Å². The van der Waals surface area contributed by atoms with Crippen LogP contribution in [-0.4, -0.2) is 10.8 Å². The van der Waals surface area contributed by atoms with Crippen LogP contribution in [0.1, 0.15) is 50.5 Å². The van der Waals surface area contributed by atoms with Crippen LogP contribution in [0, 0.1) is 23.7 Å². The summed E-state index contributed by atoms with van der Waals surface area (Å²) in [4.78, 5) is 16.8. The average molecular weight is 245 g/mol. The summed E-state index contributed by atoms with van der Waals surface area (Å²) in [5, 5.41) is 0. The van der Waals surface area contributed by atoms with Crippen LogP contribution < -0.4 is 0 Å². The normalized spacial score (nSPS) is 28.3. The molecular weight excluding hydrogens is 222 g/mol. The summed E-state index contributed by atoms with van der Waals surface area (Å²) < 4.78 is 0. The molecule has 0 amide bonds. The van der Waals surface area contributed by atoms with Crippen molar-refractivity contribution >= 4 is 5.78 Å². The Hall–Kier alpha value is -1.18. The molecule has 0 aromatic carbocycles. The van der Waals surface area contributed by atoms with E-state index in [1.54, 1.807) is 6.20 Å². The van der Waals surface area contributed by atoms with E-state index in [0.29, 0.717) is 23.4 Å². The number of hydrogen-bond donors (Lipinski definition) is 0. The molecule has 2 heteroatoms. The molecule has 2 rings (SSSR count). The van der Waals surface area contributed by atoms with E-state index in [0.717, 1.165) is 6.42 Å². The average Bonchev–Trinajstić information content (AvgIpc) is 2.38. The number of carbonyl (C=O) groups excluding carboxylic acids is 1. The third-order valence-corrected chi connectivity index (χ3v) is 4.28. The van der Waals surface area contributed by atoms with E-state index in [1.807, 2.05) is 18.2 Å². The van der Waals surface area contributed by atoms with E-state index in [1.165, 1.54) is 12.8 Å². The number of carbonyl (C=O) groups is 1. The fraction of sp³-hybridized carbons (Fsp3) is 0.625. The van der Waals surface area contributed by atoms with Gasteiger partial charge in [0.15, 0.2) is 5.78 Å². The molecule has 18 heavy (non-hydrogen) atoms. The molecule has 1 fully saturated rings. The zero-order chi connectivity index (χ0) is 13.1. The minimum Gasteiger partial charge on any atom is -0.292 e. The van der Waals surface area contributed by atoms with Gasteiger partial charge in [0.05, 0.1) is 0 Å². The van der Waals surface area contributed by atoms with E-state index in [-0.39, 0.29) is 11.7 Å². The summed E-state index contributed by atoms with van der Waals surface area (Å²) in [7, 11) is 0. The van der Waals surface area contributed by atoms with Crippen LogP contribution in [-0.2, 0) is 0 Å². The van der Waals surface area contributed by atoms with Gasteiger partial charge in [-0.3, -0.25) is 9.78 Å². The van der Waals surface area contributed by atoms with Crippen molar-refractivity contribution in [1.29, 1.82) is 0 Å². The molecule has 1 aromatic rings. The summed E-state index contributed by atoms with van der Waals surface area (Å²) in [5.41, 5.74) is 0.641. The fourth-order valence-electron chi connectivity index (χ4n) is 3.20. The first-order valence-electron chi connectivity index (χ1n) is 7.04. The fourth-order valence-corrected chi connectivity index (χ4v) is 3.20. The van der Waals surface area contributed by atoms with Crippen LogP contribution in [0.2, 0.25) is 0 Å². The number of hydrogen-bond acceptors (Lipinski definition) is 2. The summed E-state index contributed by atoms with van der Waals surface area (Å²) in [5.74, 6) is 2.19. The minimum atomic E-state index is 0.170. The van der Waals surface area contributed by atoms with Gasteiger partial charge in [-0.2, -0.15) is 0 Å². The Labute approximate surface area is 110 Å². The zero-order valence-corrected chi connectivity index (χ0v) is 11.6. The second-order valence-corrected chi connectivity index (χ2v) is 6.01. The molecule has 1 aliphatic carbocycles. The van der Waals surface area contributed by atoms with Gasteiger partial charge in [0.2, 0.25) is 0 Å². The monoisotopic (exact) mass is 245 g/mol. The van der Waals surface area contributed by atoms with E-state index in [9.17, 15) is 4.79 Å². The van der Waals surface area contributed by atoms with Crippen LogP contribution in [0.4, 0.5) is 0 Å². The minimum absolute atomic E-state index is 0.170. The molecule has 0 aliphatic heterocycles. The Kier molecular flexibility index (Phi) is 4.15. The maximum atomic E-state index is 12.6. The van der Waals surface area contributed by atoms with E-state index in [4.69, 9.17) is 0 Å². The number of Topliss-reactive ketones (excluding diaryl/α,β-unsaturated/α-hetero) is 1. The van der Waals surface area contributed by atoms with E-state index in [2.05, 4.69) is 25.8 Å². The standard InChI is InChI=1S/C16H23NO/c1-11(2)13-8-7-12(3)10-14(13)16(18)15-6-4-5-9-17-15/h4-6,9,11-14H,7-8,10H2,1-3H3/t12-,13+,14+/m1/s1. The third kappa shape index (κ3) is 2.80. The number of nitrogens with zero attached hydrogens (tertiary/aromatic N) is 1. The van der Waals surface area contributed by atoms with Crippen molar-refractivity contribution in [3.63, 3.8) is 0 Å². The van der Waals surface area contributed by atoms with Crippen molar-refractivity contribution < 1.29 is 4.79 Å². The molecule has 0 bridgehead atoms. The van der Waals surface area contributed by atoms with E-state index >= 15 is 0 Å². The number of pyridine rings is 1. The van der Waals surface area contributed by atoms with Crippen molar-refractivity contribution in [2.45, 2.75) is 40.0 Å². The summed E-state index contributed by atoms with van der Waals surface area (Å²) in [6.07, 6.45) is 5.18. The van der Waals surface area contributed by atoms with Crippen molar-refractivity contribution in [3.05, 3.63) is 30.1 Å². The highest BCUT2D eigenvalue weighted by atomic mass is 16.1. The first kappa shape index (κ1) is 13.3. The van der Waals surface area contributed by atoms with Gasteiger partial charge in [0, 0.05) is 12.1 Å². The lowest BCUT2D eigenvalue weighted by molar-refractivity contribution is 0.0718. The largest absolute Gasteiger partial charge is 0.292 e. The maximum absolute atomic E-state index is 12.6. The van der Waals surface area contributed by atoms with Gasteiger partial charge in [-0.25, -0.2) is 0 Å². The second-order valence-electron chi connectivity index (χ2n) is 6.01. The number of aromatic nitrogens is 1. The zero-order valence-electron chi connectivity index (χ0n) is 11.6. The highest BCUT2D eigenvalue weighted by Crippen LogP contribution is 2.39. The smallest absolute Gasteiger partial charge is 0.184 e. The molecule has 0 unspecified atom stereocenters. The summed E-state index contributed by atoms with van der Waals surface area (Å²) in [6, 6.07) is 5.61.